The molecule has 4 heteroatoms. The lowest BCUT2D eigenvalue weighted by molar-refractivity contribution is 0.836. The van der Waals surface area contributed by atoms with Gasteiger partial charge in [-0.25, -0.2) is 4.98 Å². The Morgan fingerprint density at radius 2 is 2.00 bits per heavy atom. The maximum absolute atomic E-state index is 4.59. The van der Waals surface area contributed by atoms with Crippen molar-refractivity contribution in [3.8, 4) is 0 Å². The molecule has 0 radical (unpaired) electrons. The van der Waals surface area contributed by atoms with E-state index in [0.29, 0.717) is 0 Å². The van der Waals surface area contributed by atoms with Crippen molar-refractivity contribution in [2.45, 2.75) is 26.8 Å². The molecule has 0 aliphatic carbocycles. The summed E-state index contributed by atoms with van der Waals surface area (Å²) >= 11 is 4.11. The fraction of sp³-hybridized carbons (Fsp3) is 0.308. The molecule has 0 bridgehead atoms. The van der Waals surface area contributed by atoms with Crippen molar-refractivity contribution in [2.75, 3.05) is 5.32 Å². The van der Waals surface area contributed by atoms with E-state index >= 15 is 0 Å². The lowest BCUT2D eigenvalue weighted by atomic mass is 10.2. The first-order valence-corrected chi connectivity index (χ1v) is 7.42. The highest BCUT2D eigenvalue weighted by atomic mass is 127. The number of aromatic nitrogens is 1. The van der Waals surface area contributed by atoms with Crippen molar-refractivity contribution in [1.82, 2.24) is 4.98 Å². The van der Waals surface area contributed by atoms with Gasteiger partial charge in [-0.2, -0.15) is 0 Å². The van der Waals surface area contributed by atoms with Crippen molar-refractivity contribution < 1.29 is 0 Å². The number of rotatable bonds is 3. The summed E-state index contributed by atoms with van der Waals surface area (Å²) in [6, 6.07) is 8.56. The molecule has 1 N–H and O–H groups in total. The first-order valence-electron chi connectivity index (χ1n) is 5.53. The predicted molar refractivity (Wildman–Crippen MR) is 82.8 cm³/mol. The first-order chi connectivity index (χ1) is 8.08. The zero-order valence-corrected chi connectivity index (χ0v) is 13.1. The summed E-state index contributed by atoms with van der Waals surface area (Å²) in [5.41, 5.74) is 2.33. The minimum Gasteiger partial charge on any atom is -0.376 e. The molecule has 1 aromatic heterocycles. The van der Waals surface area contributed by atoms with E-state index in [1.807, 2.05) is 0 Å². The van der Waals surface area contributed by atoms with Gasteiger partial charge in [0.15, 0.2) is 0 Å². The lowest BCUT2D eigenvalue weighted by Gasteiger charge is -2.15. The molecule has 1 heterocycles. The van der Waals surface area contributed by atoms with Gasteiger partial charge >= 0.3 is 0 Å². The van der Waals surface area contributed by atoms with Crippen molar-refractivity contribution in [3.05, 3.63) is 43.4 Å². The minimum atomic E-state index is 0.246. The van der Waals surface area contributed by atoms with Crippen LogP contribution in [-0.4, -0.2) is 4.98 Å². The minimum absolute atomic E-state index is 0.246. The van der Waals surface area contributed by atoms with Crippen LogP contribution in [0.5, 0.6) is 0 Å². The molecule has 1 atom stereocenters. The van der Waals surface area contributed by atoms with E-state index in [4.69, 9.17) is 0 Å². The van der Waals surface area contributed by atoms with Crippen LogP contribution < -0.4 is 5.32 Å². The van der Waals surface area contributed by atoms with Crippen LogP contribution in [0.25, 0.3) is 0 Å². The third kappa shape index (κ3) is 2.98. The van der Waals surface area contributed by atoms with Gasteiger partial charge in [0.2, 0.25) is 0 Å². The molecule has 2 rings (SSSR count). The molecule has 2 aromatic rings. The van der Waals surface area contributed by atoms with E-state index in [1.165, 1.54) is 14.1 Å². The summed E-state index contributed by atoms with van der Waals surface area (Å²) in [4.78, 5) is 5.89. The Morgan fingerprint density at radius 1 is 1.29 bits per heavy atom. The van der Waals surface area contributed by atoms with Crippen LogP contribution in [0.3, 0.4) is 0 Å². The molecule has 0 saturated heterocycles. The largest absolute Gasteiger partial charge is 0.376 e. The number of nitrogens with zero attached hydrogens (tertiary/aromatic N) is 1. The van der Waals surface area contributed by atoms with Crippen LogP contribution in [-0.2, 0) is 0 Å². The second-order valence-corrected chi connectivity index (χ2v) is 6.59. The molecule has 90 valence electrons. The van der Waals surface area contributed by atoms with E-state index in [2.05, 4.69) is 77.9 Å². The highest BCUT2D eigenvalue weighted by Crippen LogP contribution is 2.27. The summed E-state index contributed by atoms with van der Waals surface area (Å²) in [5.74, 6) is 0. The molecule has 0 fully saturated rings. The van der Waals surface area contributed by atoms with Crippen LogP contribution >= 0.6 is 33.9 Å². The van der Waals surface area contributed by atoms with Gasteiger partial charge < -0.3 is 5.32 Å². The number of anilines is 1. The Bertz CT molecular complexity index is 522. The normalized spacial score (nSPS) is 12.5. The van der Waals surface area contributed by atoms with Crippen LogP contribution in [0.1, 0.15) is 28.5 Å². The highest BCUT2D eigenvalue weighted by molar-refractivity contribution is 14.1. The van der Waals surface area contributed by atoms with Crippen LogP contribution in [0.4, 0.5) is 5.69 Å². The Balaban J connectivity index is 2.20. The molecule has 1 unspecified atom stereocenters. The average molecular weight is 358 g/mol. The zero-order valence-electron chi connectivity index (χ0n) is 10.1. The zero-order chi connectivity index (χ0) is 12.4. The molecule has 0 spiro atoms. The van der Waals surface area contributed by atoms with Gasteiger partial charge in [-0.05, 0) is 55.5 Å². The van der Waals surface area contributed by atoms with Crippen LogP contribution in [0.15, 0.2) is 24.3 Å². The fourth-order valence-electron chi connectivity index (χ4n) is 1.83. The third-order valence-corrected chi connectivity index (χ3v) is 4.44. The van der Waals surface area contributed by atoms with E-state index in [-0.39, 0.29) is 6.04 Å². The van der Waals surface area contributed by atoms with Crippen LogP contribution in [0, 0.1) is 17.4 Å². The Labute approximate surface area is 120 Å². The fourth-order valence-corrected chi connectivity index (χ4v) is 3.28. The van der Waals surface area contributed by atoms with Gasteiger partial charge in [0.05, 0.1) is 16.7 Å². The maximum Gasteiger partial charge on any atom is 0.0901 e. The van der Waals surface area contributed by atoms with E-state index in [9.17, 15) is 0 Å². The Kier molecular flexibility index (Phi) is 4.04. The van der Waals surface area contributed by atoms with E-state index in [0.717, 1.165) is 10.7 Å². The molecule has 2 nitrogen and oxygen atoms in total. The number of thiazole rings is 1. The van der Waals surface area contributed by atoms with Gasteiger partial charge in [0.1, 0.15) is 0 Å². The van der Waals surface area contributed by atoms with Crippen molar-refractivity contribution >= 4 is 39.6 Å². The second-order valence-electron chi connectivity index (χ2n) is 4.02. The standard InChI is InChI=1S/C13H15IN2S/c1-8(13-9(2)17-10(3)16-13)15-12-7-5-4-6-11(12)14/h4-8,15H,1-3H3. The van der Waals surface area contributed by atoms with Gasteiger partial charge in [0, 0.05) is 14.1 Å². The molecular weight excluding hydrogens is 343 g/mol. The van der Waals surface area contributed by atoms with Gasteiger partial charge in [-0.3, -0.25) is 0 Å². The topological polar surface area (TPSA) is 24.9 Å². The van der Waals surface area contributed by atoms with Gasteiger partial charge in [-0.15, -0.1) is 11.3 Å². The monoisotopic (exact) mass is 358 g/mol. The van der Waals surface area contributed by atoms with Crippen molar-refractivity contribution in [1.29, 1.82) is 0 Å². The quantitative estimate of drug-likeness (QED) is 0.815. The van der Waals surface area contributed by atoms with Crippen LogP contribution in [0.2, 0.25) is 0 Å². The third-order valence-electron chi connectivity index (χ3n) is 2.60. The SMILES string of the molecule is Cc1nc(C(C)Nc2ccccc2I)c(C)s1. The molecule has 0 amide bonds. The molecule has 0 aliphatic rings. The Morgan fingerprint density at radius 3 is 2.59 bits per heavy atom. The summed E-state index contributed by atoms with van der Waals surface area (Å²) in [7, 11) is 0. The number of benzene rings is 1. The number of aryl methyl sites for hydroxylation is 2. The molecule has 1 aromatic carbocycles. The number of nitrogens with one attached hydrogen (secondary N) is 1. The van der Waals surface area contributed by atoms with E-state index in [1.54, 1.807) is 11.3 Å². The second kappa shape index (κ2) is 5.35. The predicted octanol–water partition coefficient (Wildman–Crippen LogP) is 4.54. The summed E-state index contributed by atoms with van der Waals surface area (Å²) in [6.45, 7) is 6.35. The summed E-state index contributed by atoms with van der Waals surface area (Å²) in [5, 5.41) is 4.65. The number of hydrogen-bond acceptors (Lipinski definition) is 3. The van der Waals surface area contributed by atoms with Crippen molar-refractivity contribution in [3.63, 3.8) is 0 Å². The van der Waals surface area contributed by atoms with Gasteiger partial charge in [0.25, 0.3) is 0 Å². The number of halogens is 1. The summed E-state index contributed by atoms with van der Waals surface area (Å²) in [6.07, 6.45) is 0. The van der Waals surface area contributed by atoms with Gasteiger partial charge in [-0.1, -0.05) is 12.1 Å². The number of hydrogen-bond donors (Lipinski definition) is 1. The smallest absolute Gasteiger partial charge is 0.0901 e. The first kappa shape index (κ1) is 12.8. The van der Waals surface area contributed by atoms with E-state index < -0.39 is 0 Å². The number of para-hydroxylation sites is 1. The lowest BCUT2D eigenvalue weighted by Crippen LogP contribution is -2.09. The molecule has 0 saturated carbocycles. The molecule has 0 aliphatic heterocycles. The van der Waals surface area contributed by atoms with Crippen molar-refractivity contribution in [2.24, 2.45) is 0 Å². The molecular formula is C13H15IN2S. The molecule has 17 heavy (non-hydrogen) atoms. The average Bonchev–Trinajstić information content (AvgIpc) is 2.61. The highest BCUT2D eigenvalue weighted by Gasteiger charge is 2.13. The summed E-state index contributed by atoms with van der Waals surface area (Å²) < 4.78 is 1.24. The Hall–Kier alpha value is -0.620. The maximum atomic E-state index is 4.59.